The van der Waals surface area contributed by atoms with E-state index in [9.17, 15) is 4.79 Å². The summed E-state index contributed by atoms with van der Waals surface area (Å²) in [5, 5.41) is 0.779. The van der Waals surface area contributed by atoms with E-state index in [2.05, 4.69) is 0 Å². The van der Waals surface area contributed by atoms with Gasteiger partial charge in [-0.2, -0.15) is 0 Å². The van der Waals surface area contributed by atoms with E-state index in [1.165, 1.54) is 0 Å². The topological polar surface area (TPSA) is 26.3 Å². The zero-order chi connectivity index (χ0) is 12.8. The van der Waals surface area contributed by atoms with Crippen molar-refractivity contribution in [1.29, 1.82) is 0 Å². The van der Waals surface area contributed by atoms with Crippen molar-refractivity contribution in [3.8, 4) is 5.75 Å². The van der Waals surface area contributed by atoms with Gasteiger partial charge in [0.2, 0.25) is 0 Å². The van der Waals surface area contributed by atoms with Crippen LogP contribution in [-0.4, -0.2) is 11.9 Å². The second-order valence-corrected chi connectivity index (χ2v) is 5.70. The van der Waals surface area contributed by atoms with Gasteiger partial charge in [-0.3, -0.25) is 4.79 Å². The molecule has 0 aliphatic heterocycles. The molecule has 1 aromatic rings. The van der Waals surface area contributed by atoms with Crippen LogP contribution in [0.4, 0.5) is 0 Å². The van der Waals surface area contributed by atoms with Gasteiger partial charge in [0, 0.05) is 11.4 Å². The molecule has 0 N–H and O–H groups in total. The molecule has 1 fully saturated rings. The van der Waals surface area contributed by atoms with E-state index >= 15 is 0 Å². The predicted molar refractivity (Wildman–Crippen MR) is 68.7 cm³/mol. The van der Waals surface area contributed by atoms with Crippen molar-refractivity contribution in [1.82, 2.24) is 0 Å². The van der Waals surface area contributed by atoms with Crippen LogP contribution in [0.3, 0.4) is 0 Å². The predicted octanol–water partition coefficient (Wildman–Crippen LogP) is 3.70. The zero-order valence-corrected chi connectivity index (χ0v) is 11.4. The molecular weight excluding hydrogens is 236 g/mol. The van der Waals surface area contributed by atoms with Crippen molar-refractivity contribution in [2.45, 2.75) is 40.2 Å². The summed E-state index contributed by atoms with van der Waals surface area (Å²) in [5.41, 5.74) is 1.65. The van der Waals surface area contributed by atoms with Gasteiger partial charge in [0.1, 0.15) is 17.6 Å². The molecule has 0 bridgehead atoms. The van der Waals surface area contributed by atoms with Crippen molar-refractivity contribution in [2.24, 2.45) is 5.41 Å². The van der Waals surface area contributed by atoms with Crippen molar-refractivity contribution >= 4 is 17.4 Å². The highest BCUT2D eigenvalue weighted by Gasteiger charge is 2.49. The Kier molecular flexibility index (Phi) is 2.94. The highest BCUT2D eigenvalue weighted by Crippen LogP contribution is 2.40. The number of halogens is 1. The van der Waals surface area contributed by atoms with Gasteiger partial charge in [-0.25, -0.2) is 0 Å². The first kappa shape index (κ1) is 12.4. The van der Waals surface area contributed by atoms with E-state index in [0.717, 1.165) is 21.9 Å². The molecule has 0 amide bonds. The van der Waals surface area contributed by atoms with Crippen LogP contribution in [0, 0.1) is 19.3 Å². The molecule has 0 spiro atoms. The lowest BCUT2D eigenvalue weighted by Crippen LogP contribution is -2.52. The standard InChI is InChI=1S/C14H17ClO2/c1-8-5-10(6-9(2)13(8)15)17-12-7-11(16)14(12,3)4/h5-6,12H,7H2,1-4H3. The molecule has 92 valence electrons. The second kappa shape index (κ2) is 4.02. The number of aryl methyl sites for hydroxylation is 2. The summed E-state index contributed by atoms with van der Waals surface area (Å²) in [6, 6.07) is 3.85. The van der Waals surface area contributed by atoms with Crippen LogP contribution >= 0.6 is 11.6 Å². The SMILES string of the molecule is Cc1cc(OC2CC(=O)C2(C)C)cc(C)c1Cl. The van der Waals surface area contributed by atoms with Gasteiger partial charge in [-0.05, 0) is 51.0 Å². The van der Waals surface area contributed by atoms with E-state index in [0.29, 0.717) is 6.42 Å². The Morgan fingerprint density at radius 3 is 2.24 bits per heavy atom. The highest BCUT2D eigenvalue weighted by molar-refractivity contribution is 6.32. The van der Waals surface area contributed by atoms with Crippen LogP contribution in [0.1, 0.15) is 31.4 Å². The summed E-state index contributed by atoms with van der Waals surface area (Å²) in [4.78, 5) is 11.4. The molecule has 1 aliphatic carbocycles. The molecule has 0 heterocycles. The van der Waals surface area contributed by atoms with Gasteiger partial charge < -0.3 is 4.74 Å². The fraction of sp³-hybridized carbons (Fsp3) is 0.500. The molecular formula is C14H17ClO2. The summed E-state index contributed by atoms with van der Waals surface area (Å²) >= 11 is 6.10. The maximum Gasteiger partial charge on any atom is 0.145 e. The largest absolute Gasteiger partial charge is 0.489 e. The van der Waals surface area contributed by atoms with Crippen molar-refractivity contribution in [3.05, 3.63) is 28.3 Å². The van der Waals surface area contributed by atoms with Crippen LogP contribution < -0.4 is 4.74 Å². The second-order valence-electron chi connectivity index (χ2n) is 5.33. The lowest BCUT2D eigenvalue weighted by molar-refractivity contribution is -0.148. The Labute approximate surface area is 107 Å². The minimum atomic E-state index is -0.360. The number of ketones is 1. The Hall–Kier alpha value is -1.02. The average molecular weight is 253 g/mol. The minimum Gasteiger partial charge on any atom is -0.489 e. The molecule has 2 rings (SSSR count). The summed E-state index contributed by atoms with van der Waals surface area (Å²) in [6.07, 6.45) is 0.489. The molecule has 1 unspecified atom stereocenters. The van der Waals surface area contributed by atoms with Crippen molar-refractivity contribution in [3.63, 3.8) is 0 Å². The van der Waals surface area contributed by atoms with E-state index in [4.69, 9.17) is 16.3 Å². The molecule has 1 aromatic carbocycles. The number of carbonyl (C=O) groups is 1. The third-order valence-corrected chi connectivity index (χ3v) is 4.18. The minimum absolute atomic E-state index is 0.0185. The number of Topliss-reactive ketones (excluding diaryl/α,β-unsaturated/α-hetero) is 1. The lowest BCUT2D eigenvalue weighted by atomic mass is 9.68. The Morgan fingerprint density at radius 1 is 1.29 bits per heavy atom. The summed E-state index contributed by atoms with van der Waals surface area (Å²) in [6.45, 7) is 7.77. The molecule has 1 atom stereocenters. The van der Waals surface area contributed by atoms with E-state index in [1.54, 1.807) is 0 Å². The van der Waals surface area contributed by atoms with Crippen LogP contribution in [-0.2, 0) is 4.79 Å². The normalized spacial score (nSPS) is 22.2. The molecule has 0 radical (unpaired) electrons. The monoisotopic (exact) mass is 252 g/mol. The van der Waals surface area contributed by atoms with E-state index in [1.807, 2.05) is 39.8 Å². The van der Waals surface area contributed by atoms with Gasteiger partial charge in [-0.1, -0.05) is 11.6 Å². The maximum atomic E-state index is 11.4. The smallest absolute Gasteiger partial charge is 0.145 e. The summed E-state index contributed by atoms with van der Waals surface area (Å²) < 4.78 is 5.87. The number of hydrogen-bond donors (Lipinski definition) is 0. The first-order valence-electron chi connectivity index (χ1n) is 5.79. The quantitative estimate of drug-likeness (QED) is 0.802. The van der Waals surface area contributed by atoms with Crippen LogP contribution in [0.25, 0.3) is 0 Å². The van der Waals surface area contributed by atoms with Crippen molar-refractivity contribution in [2.75, 3.05) is 0 Å². The fourth-order valence-corrected chi connectivity index (χ4v) is 2.17. The number of ether oxygens (including phenoxy) is 1. The van der Waals surface area contributed by atoms with Gasteiger partial charge in [0.15, 0.2) is 0 Å². The Morgan fingerprint density at radius 2 is 1.82 bits per heavy atom. The van der Waals surface area contributed by atoms with Crippen LogP contribution in [0.5, 0.6) is 5.75 Å². The third-order valence-electron chi connectivity index (χ3n) is 3.58. The summed E-state index contributed by atoms with van der Waals surface area (Å²) in [5.74, 6) is 1.07. The van der Waals surface area contributed by atoms with Gasteiger partial charge in [-0.15, -0.1) is 0 Å². The van der Waals surface area contributed by atoms with Gasteiger partial charge >= 0.3 is 0 Å². The van der Waals surface area contributed by atoms with Gasteiger partial charge in [0.25, 0.3) is 0 Å². The van der Waals surface area contributed by atoms with E-state index < -0.39 is 0 Å². The first-order valence-corrected chi connectivity index (χ1v) is 6.17. The Bertz CT molecular complexity index is 454. The summed E-state index contributed by atoms with van der Waals surface area (Å²) in [7, 11) is 0. The van der Waals surface area contributed by atoms with Crippen LogP contribution in [0.15, 0.2) is 12.1 Å². The molecule has 2 nitrogen and oxygen atoms in total. The van der Waals surface area contributed by atoms with E-state index in [-0.39, 0.29) is 17.3 Å². The van der Waals surface area contributed by atoms with Crippen LogP contribution in [0.2, 0.25) is 5.02 Å². The molecule has 1 aliphatic rings. The number of benzene rings is 1. The fourth-order valence-electron chi connectivity index (χ4n) is 2.06. The van der Waals surface area contributed by atoms with Crippen molar-refractivity contribution < 1.29 is 9.53 Å². The molecule has 0 saturated heterocycles. The number of carbonyl (C=O) groups excluding carboxylic acids is 1. The maximum absolute atomic E-state index is 11.4. The zero-order valence-electron chi connectivity index (χ0n) is 10.6. The third kappa shape index (κ3) is 2.06. The molecule has 3 heteroatoms. The molecule has 0 aromatic heterocycles. The first-order chi connectivity index (χ1) is 7.82. The average Bonchev–Trinajstić information content (AvgIpc) is 2.25. The number of rotatable bonds is 2. The Balaban J connectivity index is 2.18. The molecule has 1 saturated carbocycles. The number of hydrogen-bond acceptors (Lipinski definition) is 2. The lowest BCUT2D eigenvalue weighted by Gasteiger charge is -2.42. The van der Waals surface area contributed by atoms with Gasteiger partial charge in [0.05, 0.1) is 5.41 Å². The molecule has 17 heavy (non-hydrogen) atoms. The highest BCUT2D eigenvalue weighted by atomic mass is 35.5.